The van der Waals surface area contributed by atoms with Gasteiger partial charge < -0.3 is 10.2 Å². The van der Waals surface area contributed by atoms with Crippen LogP contribution in [0.3, 0.4) is 0 Å². The van der Waals surface area contributed by atoms with Crippen LogP contribution in [0.4, 0.5) is 5.13 Å². The van der Waals surface area contributed by atoms with E-state index in [1.54, 1.807) is 25.1 Å². The number of phenolic OH excluding ortho intramolecular Hbond substituents is 1. The average molecular weight is 461 g/mol. The molecule has 4 rings (SSSR count). The molecule has 0 aliphatic carbocycles. The molecular weight excluding hydrogens is 440 g/mol. The number of benzene rings is 2. The van der Waals surface area contributed by atoms with E-state index in [0.29, 0.717) is 16.1 Å². The molecule has 1 amide bonds. The highest BCUT2D eigenvalue weighted by Gasteiger charge is 2.45. The molecule has 0 saturated heterocycles. The number of nitrogens with zero attached hydrogens (tertiary/aromatic N) is 2. The molecule has 0 radical (unpaired) electrons. The number of hydrogen-bond donors (Lipinski definition) is 2. The number of aliphatic hydroxyl groups excluding tert-OH is 1. The second-order valence-electron chi connectivity index (χ2n) is 7.51. The van der Waals surface area contributed by atoms with Crippen LogP contribution in [0.25, 0.3) is 6.08 Å². The maximum atomic E-state index is 13.2. The summed E-state index contributed by atoms with van der Waals surface area (Å²) in [6.07, 6.45) is 2.91. The largest absolute Gasteiger partial charge is 0.508 e. The van der Waals surface area contributed by atoms with E-state index < -0.39 is 23.5 Å². The number of carbonyl (C=O) groups excluding carboxylic acids is 3. The number of anilines is 1. The van der Waals surface area contributed by atoms with E-state index in [2.05, 4.69) is 4.98 Å². The van der Waals surface area contributed by atoms with E-state index >= 15 is 0 Å². The minimum absolute atomic E-state index is 0.0173. The standard InChI is InChI=1S/C25H20N2O5S/c1-14-23(15(2)28)33-25(26-14)27-21(17-9-11-18(29)12-10-17)20(22(31)24(27)32)19(30)13-8-16-6-4-3-5-7-16/h3-13,21,29,31H,1-2H3/b13-8+. The molecule has 0 bridgehead atoms. The molecule has 2 heterocycles. The van der Waals surface area contributed by atoms with Gasteiger partial charge >= 0.3 is 0 Å². The van der Waals surface area contributed by atoms with Crippen molar-refractivity contribution in [3.63, 3.8) is 0 Å². The predicted molar refractivity (Wildman–Crippen MR) is 125 cm³/mol. The van der Waals surface area contributed by atoms with Crippen molar-refractivity contribution in [2.45, 2.75) is 19.9 Å². The molecule has 2 N–H and O–H groups in total. The Morgan fingerprint density at radius 1 is 1.06 bits per heavy atom. The van der Waals surface area contributed by atoms with Crippen LogP contribution in [0.15, 0.2) is 72.0 Å². The molecule has 1 aliphatic heterocycles. The lowest BCUT2D eigenvalue weighted by molar-refractivity contribution is -0.117. The smallest absolute Gasteiger partial charge is 0.296 e. The van der Waals surface area contributed by atoms with E-state index in [1.165, 1.54) is 30.0 Å². The third-order valence-electron chi connectivity index (χ3n) is 5.22. The van der Waals surface area contributed by atoms with E-state index in [9.17, 15) is 24.6 Å². The normalized spacial score (nSPS) is 16.1. The van der Waals surface area contributed by atoms with Crippen molar-refractivity contribution in [1.82, 2.24) is 4.98 Å². The van der Waals surface area contributed by atoms with E-state index in [0.717, 1.165) is 16.9 Å². The Kier molecular flexibility index (Phi) is 5.93. The summed E-state index contributed by atoms with van der Waals surface area (Å²) in [5, 5.41) is 20.6. The highest BCUT2D eigenvalue weighted by Crippen LogP contribution is 2.43. The summed E-state index contributed by atoms with van der Waals surface area (Å²) < 4.78 is 0. The van der Waals surface area contributed by atoms with Crippen LogP contribution in [0, 0.1) is 6.92 Å². The van der Waals surface area contributed by atoms with Crippen LogP contribution >= 0.6 is 11.3 Å². The first-order valence-electron chi connectivity index (χ1n) is 10.1. The van der Waals surface area contributed by atoms with Gasteiger partial charge in [0, 0.05) is 6.92 Å². The molecule has 3 aromatic rings. The summed E-state index contributed by atoms with van der Waals surface area (Å²) in [5.74, 6) is -2.17. The Bertz CT molecular complexity index is 1310. The van der Waals surface area contributed by atoms with Gasteiger partial charge in [0.25, 0.3) is 5.91 Å². The number of hydrogen-bond acceptors (Lipinski definition) is 7. The molecule has 7 nitrogen and oxygen atoms in total. The zero-order valence-electron chi connectivity index (χ0n) is 17.9. The number of aromatic hydroxyl groups is 1. The summed E-state index contributed by atoms with van der Waals surface area (Å²) in [7, 11) is 0. The highest BCUT2D eigenvalue weighted by atomic mass is 32.1. The van der Waals surface area contributed by atoms with Gasteiger partial charge in [-0.2, -0.15) is 0 Å². The van der Waals surface area contributed by atoms with Crippen molar-refractivity contribution in [3.05, 3.63) is 93.7 Å². The lowest BCUT2D eigenvalue weighted by Gasteiger charge is -2.24. The number of rotatable bonds is 6. The molecule has 1 aliphatic rings. The van der Waals surface area contributed by atoms with Crippen LogP contribution < -0.4 is 4.90 Å². The first-order valence-corrected chi connectivity index (χ1v) is 10.9. The van der Waals surface area contributed by atoms with Crippen LogP contribution in [0.2, 0.25) is 0 Å². The Morgan fingerprint density at radius 2 is 1.73 bits per heavy atom. The van der Waals surface area contributed by atoms with Crippen LogP contribution in [0.1, 0.15) is 39.5 Å². The number of aliphatic hydroxyl groups is 1. The molecule has 1 aromatic heterocycles. The summed E-state index contributed by atoms with van der Waals surface area (Å²) in [6.45, 7) is 3.07. The Hall–Kier alpha value is -4.04. The molecule has 166 valence electrons. The van der Waals surface area contributed by atoms with Crippen LogP contribution in [-0.4, -0.2) is 32.7 Å². The van der Waals surface area contributed by atoms with Crippen molar-refractivity contribution in [1.29, 1.82) is 0 Å². The van der Waals surface area contributed by atoms with Crippen LogP contribution in [-0.2, 0) is 9.59 Å². The third kappa shape index (κ3) is 4.20. The molecule has 33 heavy (non-hydrogen) atoms. The monoisotopic (exact) mass is 460 g/mol. The third-order valence-corrected chi connectivity index (χ3v) is 6.48. The van der Waals surface area contributed by atoms with Gasteiger partial charge in [0.1, 0.15) is 5.75 Å². The zero-order valence-corrected chi connectivity index (χ0v) is 18.7. The summed E-state index contributed by atoms with van der Waals surface area (Å²) in [6, 6.07) is 14.2. The minimum Gasteiger partial charge on any atom is -0.508 e. The van der Waals surface area contributed by atoms with Crippen molar-refractivity contribution in [2.75, 3.05) is 4.90 Å². The molecule has 1 unspecified atom stereocenters. The van der Waals surface area contributed by atoms with Gasteiger partial charge in [-0.15, -0.1) is 0 Å². The van der Waals surface area contributed by atoms with E-state index in [-0.39, 0.29) is 22.2 Å². The summed E-state index contributed by atoms with van der Waals surface area (Å²) >= 11 is 1.02. The van der Waals surface area contributed by atoms with Gasteiger partial charge in [-0.3, -0.25) is 19.3 Å². The highest BCUT2D eigenvalue weighted by molar-refractivity contribution is 7.17. The molecule has 8 heteroatoms. The fourth-order valence-electron chi connectivity index (χ4n) is 3.66. The first-order chi connectivity index (χ1) is 15.8. The number of ketones is 2. The number of carbonyl (C=O) groups is 3. The number of aryl methyl sites for hydroxylation is 1. The number of amides is 1. The van der Waals surface area contributed by atoms with Crippen LogP contribution in [0.5, 0.6) is 5.75 Å². The predicted octanol–water partition coefficient (Wildman–Crippen LogP) is 4.54. The Labute approximate surface area is 194 Å². The van der Waals surface area contributed by atoms with Gasteiger partial charge in [0.05, 0.1) is 22.2 Å². The fourth-order valence-corrected chi connectivity index (χ4v) is 4.65. The number of phenols is 1. The van der Waals surface area contributed by atoms with E-state index in [1.807, 2.05) is 30.3 Å². The average Bonchev–Trinajstić information content (AvgIpc) is 3.31. The maximum absolute atomic E-state index is 13.2. The molecule has 1 atom stereocenters. The molecule has 0 fully saturated rings. The molecule has 2 aromatic carbocycles. The van der Waals surface area contributed by atoms with Gasteiger partial charge in [0.15, 0.2) is 22.5 Å². The van der Waals surface area contributed by atoms with E-state index in [4.69, 9.17) is 0 Å². The number of aromatic nitrogens is 1. The van der Waals surface area contributed by atoms with Gasteiger partial charge in [-0.05, 0) is 36.3 Å². The molecular formula is C25H20N2O5S. The van der Waals surface area contributed by atoms with Crippen molar-refractivity contribution >= 4 is 40.0 Å². The fraction of sp³-hybridized carbons (Fsp3) is 0.120. The van der Waals surface area contributed by atoms with Crippen molar-refractivity contribution < 1.29 is 24.6 Å². The topological polar surface area (TPSA) is 108 Å². The number of allylic oxidation sites excluding steroid dienone is 1. The molecule has 0 saturated carbocycles. The first kappa shape index (κ1) is 22.2. The van der Waals surface area contributed by atoms with Crippen molar-refractivity contribution in [2.24, 2.45) is 0 Å². The van der Waals surface area contributed by atoms with Gasteiger partial charge in [-0.25, -0.2) is 4.98 Å². The Balaban J connectivity index is 1.80. The number of Topliss-reactive ketones (excluding diaryl/α,β-unsaturated/α-hetero) is 1. The SMILES string of the molecule is CC(=O)c1sc(N2C(=O)C(O)=C(C(=O)/C=C/c3ccccc3)C2c2ccc(O)cc2)nc1C. The van der Waals surface area contributed by atoms with Crippen molar-refractivity contribution in [3.8, 4) is 5.75 Å². The lowest BCUT2D eigenvalue weighted by Crippen LogP contribution is -2.30. The second kappa shape index (κ2) is 8.84. The van der Waals surface area contributed by atoms with Gasteiger partial charge in [0.2, 0.25) is 0 Å². The maximum Gasteiger partial charge on any atom is 0.296 e. The molecule has 0 spiro atoms. The lowest BCUT2D eigenvalue weighted by atomic mass is 9.95. The number of thiazole rings is 1. The van der Waals surface area contributed by atoms with Gasteiger partial charge in [-0.1, -0.05) is 59.9 Å². The summed E-state index contributed by atoms with van der Waals surface area (Å²) in [4.78, 5) is 44.2. The summed E-state index contributed by atoms with van der Waals surface area (Å²) in [5.41, 5.74) is 1.65. The quantitative estimate of drug-likeness (QED) is 0.413. The minimum atomic E-state index is -0.976. The second-order valence-corrected chi connectivity index (χ2v) is 8.48. The Morgan fingerprint density at radius 3 is 2.33 bits per heavy atom. The zero-order chi connectivity index (χ0) is 23.7.